The van der Waals surface area contributed by atoms with Crippen LogP contribution in [0.4, 0.5) is 10.6 Å². The number of piperidine rings is 1. The van der Waals surface area contributed by atoms with Crippen molar-refractivity contribution in [3.05, 3.63) is 17.3 Å². The van der Waals surface area contributed by atoms with Gasteiger partial charge in [0.15, 0.2) is 0 Å². The van der Waals surface area contributed by atoms with Crippen LogP contribution in [0.25, 0.3) is 0 Å². The fourth-order valence-corrected chi connectivity index (χ4v) is 3.04. The summed E-state index contributed by atoms with van der Waals surface area (Å²) in [4.78, 5) is 25.8. The third-order valence-electron chi connectivity index (χ3n) is 4.17. The molecule has 1 aliphatic heterocycles. The topological polar surface area (TPSA) is 82.1 Å². The van der Waals surface area contributed by atoms with E-state index in [-0.39, 0.29) is 12.1 Å². The summed E-state index contributed by atoms with van der Waals surface area (Å²) in [6.07, 6.45) is 3.26. The molecule has 1 amide bonds. The molecule has 0 aliphatic carbocycles. The Kier molecular flexibility index (Phi) is 5.87. The molecule has 1 saturated heterocycles. The highest BCUT2D eigenvalue weighted by molar-refractivity contribution is 6.04. The Bertz CT molecular complexity index is 649. The minimum atomic E-state index is -0.479. The number of H-pyrrole nitrogens is 1. The molecular weight excluding hydrogens is 318 g/mol. The van der Waals surface area contributed by atoms with Crippen molar-refractivity contribution in [1.29, 1.82) is 0 Å². The van der Waals surface area contributed by atoms with E-state index in [0.717, 1.165) is 48.7 Å². The van der Waals surface area contributed by atoms with Gasteiger partial charge in [0.05, 0.1) is 5.56 Å². The summed E-state index contributed by atoms with van der Waals surface area (Å²) >= 11 is 0. The molecule has 1 fully saturated rings. The smallest absolute Gasteiger partial charge is 0.407 e. The Morgan fingerprint density at radius 1 is 1.40 bits per heavy atom. The molecule has 0 aromatic carbocycles. The number of aromatic amines is 1. The number of alkyl carbamates (subject to hydrolysis) is 1. The number of ether oxygens (including phenoxy) is 1. The van der Waals surface area contributed by atoms with Crippen molar-refractivity contribution < 1.29 is 9.53 Å². The second-order valence-corrected chi connectivity index (χ2v) is 7.31. The first-order valence-electron chi connectivity index (χ1n) is 8.61. The van der Waals surface area contributed by atoms with E-state index in [4.69, 9.17) is 4.74 Å². The van der Waals surface area contributed by atoms with Gasteiger partial charge in [0.1, 0.15) is 17.3 Å². The summed E-state index contributed by atoms with van der Waals surface area (Å²) < 4.78 is 5.33. The quantitative estimate of drug-likeness (QED) is 0.651. The van der Waals surface area contributed by atoms with Gasteiger partial charge in [-0.3, -0.25) is 4.99 Å². The molecule has 1 aromatic rings. The molecule has 7 heteroatoms. The predicted molar refractivity (Wildman–Crippen MR) is 101 cm³/mol. The number of nitrogens with one attached hydrogen (secondary N) is 2. The van der Waals surface area contributed by atoms with Crippen molar-refractivity contribution in [2.45, 2.75) is 52.2 Å². The average molecular weight is 347 g/mol. The zero-order valence-electron chi connectivity index (χ0n) is 15.8. The molecule has 0 radical (unpaired) electrons. The summed E-state index contributed by atoms with van der Waals surface area (Å²) in [6, 6.07) is 0.119. The molecule has 0 spiro atoms. The molecule has 0 saturated carbocycles. The lowest BCUT2D eigenvalue weighted by molar-refractivity contribution is 0.0488. The zero-order valence-corrected chi connectivity index (χ0v) is 15.8. The van der Waals surface area contributed by atoms with Gasteiger partial charge in [-0.05, 0) is 52.8 Å². The highest BCUT2D eigenvalue weighted by Gasteiger charge is 2.27. The Morgan fingerprint density at radius 3 is 2.56 bits per heavy atom. The summed E-state index contributed by atoms with van der Waals surface area (Å²) in [5.41, 5.74) is 1.61. The summed E-state index contributed by atoms with van der Waals surface area (Å²) in [7, 11) is 1.79. The maximum Gasteiger partial charge on any atom is 0.407 e. The van der Waals surface area contributed by atoms with E-state index >= 15 is 0 Å². The highest BCUT2D eigenvalue weighted by atomic mass is 16.6. The third-order valence-corrected chi connectivity index (χ3v) is 4.17. The van der Waals surface area contributed by atoms with Gasteiger partial charge in [-0.1, -0.05) is 0 Å². The largest absolute Gasteiger partial charge is 0.444 e. The first-order chi connectivity index (χ1) is 11.7. The second-order valence-electron chi connectivity index (χ2n) is 7.31. The van der Waals surface area contributed by atoms with Crippen LogP contribution < -0.4 is 5.32 Å². The number of amides is 1. The summed E-state index contributed by atoms with van der Waals surface area (Å²) in [6.45, 7) is 12.9. The zero-order chi connectivity index (χ0) is 18.6. The van der Waals surface area contributed by atoms with Crippen LogP contribution in [0.3, 0.4) is 0 Å². The molecule has 25 heavy (non-hydrogen) atoms. The number of likely N-dealkylation sites (tertiary alicyclic amines) is 1. The van der Waals surface area contributed by atoms with Crippen molar-refractivity contribution in [3.8, 4) is 0 Å². The maximum absolute atomic E-state index is 11.9. The molecule has 7 nitrogen and oxygen atoms in total. The van der Waals surface area contributed by atoms with Crippen molar-refractivity contribution in [2.24, 2.45) is 9.98 Å². The van der Waals surface area contributed by atoms with Crippen LogP contribution in [0.1, 0.15) is 44.7 Å². The standard InChI is InChI=1S/C18H29N5O2/c1-12-11-21-15(19-5)14(12)16(20-6)23-9-7-13(8-10-23)22-17(24)25-18(2,3)4/h11,13,21H,5,7-10H2,1-4,6H3,(H,22,24). The molecule has 1 aliphatic rings. The summed E-state index contributed by atoms with van der Waals surface area (Å²) in [5.74, 6) is 1.66. The molecule has 0 bridgehead atoms. The predicted octanol–water partition coefficient (Wildman–Crippen LogP) is 3.02. The van der Waals surface area contributed by atoms with Crippen LogP contribution in [0.5, 0.6) is 0 Å². The van der Waals surface area contributed by atoms with Gasteiger partial charge in [-0.15, -0.1) is 0 Å². The molecule has 0 unspecified atom stereocenters. The highest BCUT2D eigenvalue weighted by Crippen LogP contribution is 2.25. The summed E-state index contributed by atoms with van der Waals surface area (Å²) in [5, 5.41) is 2.96. The van der Waals surface area contributed by atoms with Crippen LogP contribution in [-0.2, 0) is 4.74 Å². The molecule has 0 atom stereocenters. The number of carbonyl (C=O) groups excluding carboxylic acids is 1. The van der Waals surface area contributed by atoms with Gasteiger partial charge in [0, 0.05) is 32.4 Å². The normalized spacial score (nSPS) is 16.7. The maximum atomic E-state index is 11.9. The van der Waals surface area contributed by atoms with Crippen molar-refractivity contribution in [2.75, 3.05) is 20.1 Å². The fourth-order valence-electron chi connectivity index (χ4n) is 3.04. The molecule has 138 valence electrons. The Morgan fingerprint density at radius 2 is 2.04 bits per heavy atom. The van der Waals surface area contributed by atoms with Gasteiger partial charge >= 0.3 is 6.09 Å². The number of carbonyl (C=O) groups is 1. The average Bonchev–Trinajstić information content (AvgIpc) is 2.89. The molecule has 1 aromatic heterocycles. The molecule has 2 rings (SSSR count). The number of aryl methyl sites for hydroxylation is 1. The molecule has 2 heterocycles. The molecule has 2 N–H and O–H groups in total. The van der Waals surface area contributed by atoms with Crippen LogP contribution in [0.2, 0.25) is 0 Å². The van der Waals surface area contributed by atoms with Crippen molar-refractivity contribution in [3.63, 3.8) is 0 Å². The van der Waals surface area contributed by atoms with Gasteiger partial charge in [0.25, 0.3) is 0 Å². The van der Waals surface area contributed by atoms with E-state index < -0.39 is 5.60 Å². The van der Waals surface area contributed by atoms with Gasteiger partial charge in [-0.2, -0.15) is 0 Å². The van der Waals surface area contributed by atoms with Crippen LogP contribution >= 0.6 is 0 Å². The fraction of sp³-hybridized carbons (Fsp3) is 0.611. The third kappa shape index (κ3) is 4.84. The van der Waals surface area contributed by atoms with E-state index in [1.165, 1.54) is 0 Å². The minimum absolute atomic E-state index is 0.119. The van der Waals surface area contributed by atoms with Crippen LogP contribution in [-0.4, -0.2) is 60.3 Å². The van der Waals surface area contributed by atoms with E-state index in [0.29, 0.717) is 0 Å². The lowest BCUT2D eigenvalue weighted by Crippen LogP contribution is -2.47. The van der Waals surface area contributed by atoms with Crippen molar-refractivity contribution >= 4 is 24.5 Å². The first kappa shape index (κ1) is 19.0. The van der Waals surface area contributed by atoms with E-state index in [2.05, 4.69) is 31.9 Å². The number of amidine groups is 1. The van der Waals surface area contributed by atoms with Gasteiger partial charge < -0.3 is 19.9 Å². The Hall–Kier alpha value is -2.31. The Balaban J connectivity index is 1.98. The SMILES string of the molecule is C=Nc1[nH]cc(C)c1C(=NC)N1CCC(NC(=O)OC(C)(C)C)CC1. The van der Waals surface area contributed by atoms with E-state index in [1.54, 1.807) is 7.05 Å². The van der Waals surface area contributed by atoms with Crippen molar-refractivity contribution in [1.82, 2.24) is 15.2 Å². The lowest BCUT2D eigenvalue weighted by Gasteiger charge is -2.35. The monoisotopic (exact) mass is 347 g/mol. The van der Waals surface area contributed by atoms with E-state index in [9.17, 15) is 4.79 Å². The number of aliphatic imine (C=N–C) groups is 2. The minimum Gasteiger partial charge on any atom is -0.444 e. The van der Waals surface area contributed by atoms with Crippen LogP contribution in [0.15, 0.2) is 16.2 Å². The van der Waals surface area contributed by atoms with Crippen LogP contribution in [0, 0.1) is 6.92 Å². The first-order valence-corrected chi connectivity index (χ1v) is 8.61. The van der Waals surface area contributed by atoms with Gasteiger partial charge in [-0.25, -0.2) is 9.79 Å². The second kappa shape index (κ2) is 7.72. The number of hydrogen-bond donors (Lipinski definition) is 2. The lowest BCUT2D eigenvalue weighted by atomic mass is 10.0. The number of aromatic nitrogens is 1. The van der Waals surface area contributed by atoms with E-state index in [1.807, 2.05) is 33.9 Å². The number of nitrogens with zero attached hydrogens (tertiary/aromatic N) is 3. The van der Waals surface area contributed by atoms with Gasteiger partial charge in [0.2, 0.25) is 0 Å². The molecular formula is C18H29N5O2. The number of rotatable bonds is 3. The Labute approximate surface area is 149 Å². The number of hydrogen-bond acceptors (Lipinski definition) is 4.